The van der Waals surface area contributed by atoms with E-state index in [0.29, 0.717) is 11.4 Å². The maximum absolute atomic E-state index is 12.5. The second-order valence-corrected chi connectivity index (χ2v) is 4.46. The fourth-order valence-corrected chi connectivity index (χ4v) is 2.08. The largest absolute Gasteiger partial charge is 0.419 e. The molecule has 0 aliphatic carbocycles. The fourth-order valence-electron chi connectivity index (χ4n) is 2.08. The lowest BCUT2D eigenvalue weighted by Crippen LogP contribution is -2.05. The van der Waals surface area contributed by atoms with Crippen molar-refractivity contribution in [2.75, 3.05) is 11.1 Å². The highest BCUT2D eigenvalue weighted by Gasteiger charge is 2.32. The van der Waals surface area contributed by atoms with E-state index in [4.69, 9.17) is 5.73 Å². The standard InChI is InChI=1S/C12H9F3N4O/c13-12(14,15)7-4-17-19(5-7)10-3-9-6(1-8(10)16)2-11(20)18-9/h1,3-5H,2,16H2,(H,18,20). The first-order chi connectivity index (χ1) is 9.34. The number of fused-ring (bicyclic) bond motifs is 1. The highest BCUT2D eigenvalue weighted by atomic mass is 19.4. The van der Waals surface area contributed by atoms with E-state index >= 15 is 0 Å². The summed E-state index contributed by atoms with van der Waals surface area (Å²) in [6.07, 6.45) is -2.66. The molecule has 0 radical (unpaired) electrons. The van der Waals surface area contributed by atoms with Gasteiger partial charge in [0.05, 0.1) is 29.6 Å². The molecule has 20 heavy (non-hydrogen) atoms. The summed E-state index contributed by atoms with van der Waals surface area (Å²) in [5.41, 5.74) is 6.77. The van der Waals surface area contributed by atoms with Gasteiger partial charge in [0.25, 0.3) is 0 Å². The summed E-state index contributed by atoms with van der Waals surface area (Å²) in [4.78, 5) is 11.3. The number of nitrogens with zero attached hydrogens (tertiary/aromatic N) is 2. The number of carbonyl (C=O) groups excluding carboxylic acids is 1. The SMILES string of the molecule is Nc1cc2c(cc1-n1cc(C(F)(F)F)cn1)NC(=O)C2. The number of anilines is 2. The lowest BCUT2D eigenvalue weighted by molar-refractivity contribution is -0.137. The van der Waals surface area contributed by atoms with Crippen LogP contribution in [0.15, 0.2) is 24.5 Å². The Hall–Kier alpha value is -2.51. The van der Waals surface area contributed by atoms with Gasteiger partial charge in [-0.3, -0.25) is 4.79 Å². The van der Waals surface area contributed by atoms with E-state index in [0.717, 1.165) is 22.6 Å². The molecule has 104 valence electrons. The maximum Gasteiger partial charge on any atom is 0.419 e. The van der Waals surface area contributed by atoms with Crippen LogP contribution in [0.5, 0.6) is 0 Å². The van der Waals surface area contributed by atoms with Crippen molar-refractivity contribution in [3.05, 3.63) is 35.7 Å². The normalized spacial score (nSPS) is 14.2. The lowest BCUT2D eigenvalue weighted by Gasteiger charge is -2.08. The van der Waals surface area contributed by atoms with E-state index in [9.17, 15) is 18.0 Å². The van der Waals surface area contributed by atoms with Gasteiger partial charge in [0.2, 0.25) is 5.91 Å². The van der Waals surface area contributed by atoms with Crippen LogP contribution >= 0.6 is 0 Å². The quantitative estimate of drug-likeness (QED) is 0.785. The minimum absolute atomic E-state index is 0.173. The van der Waals surface area contributed by atoms with Gasteiger partial charge in [-0.05, 0) is 17.7 Å². The van der Waals surface area contributed by atoms with Crippen LogP contribution in [0.4, 0.5) is 24.5 Å². The third-order valence-corrected chi connectivity index (χ3v) is 3.03. The smallest absolute Gasteiger partial charge is 0.397 e. The number of benzene rings is 1. The van der Waals surface area contributed by atoms with Gasteiger partial charge in [-0.25, -0.2) is 4.68 Å². The molecule has 0 saturated carbocycles. The average molecular weight is 282 g/mol. The summed E-state index contributed by atoms with van der Waals surface area (Å²) in [6.45, 7) is 0. The Kier molecular flexibility index (Phi) is 2.50. The Bertz CT molecular complexity index is 705. The molecule has 0 saturated heterocycles. The molecular formula is C12H9F3N4O. The third-order valence-electron chi connectivity index (χ3n) is 3.03. The average Bonchev–Trinajstić information content (AvgIpc) is 2.92. The summed E-state index contributed by atoms with van der Waals surface area (Å²) in [5, 5.41) is 6.28. The minimum Gasteiger partial charge on any atom is -0.397 e. The van der Waals surface area contributed by atoms with E-state index in [-0.39, 0.29) is 18.0 Å². The Morgan fingerprint density at radius 3 is 2.75 bits per heavy atom. The molecule has 1 aromatic carbocycles. The van der Waals surface area contributed by atoms with Crippen molar-refractivity contribution in [2.24, 2.45) is 0 Å². The van der Waals surface area contributed by atoms with Crippen LogP contribution in [0.1, 0.15) is 11.1 Å². The predicted octanol–water partition coefficient (Wildman–Crippen LogP) is 1.97. The highest BCUT2D eigenvalue weighted by molar-refractivity contribution is 6.00. The number of hydrogen-bond acceptors (Lipinski definition) is 3. The Morgan fingerprint density at radius 1 is 1.35 bits per heavy atom. The van der Waals surface area contributed by atoms with Crippen LogP contribution in [-0.4, -0.2) is 15.7 Å². The van der Waals surface area contributed by atoms with Gasteiger partial charge in [0.1, 0.15) is 0 Å². The van der Waals surface area contributed by atoms with Gasteiger partial charge in [-0.15, -0.1) is 0 Å². The number of nitrogen functional groups attached to an aromatic ring is 1. The first kappa shape index (κ1) is 12.5. The number of carbonyl (C=O) groups is 1. The first-order valence-corrected chi connectivity index (χ1v) is 5.69. The van der Waals surface area contributed by atoms with Crippen LogP contribution in [0, 0.1) is 0 Å². The van der Waals surface area contributed by atoms with Crippen molar-refractivity contribution in [3.63, 3.8) is 0 Å². The summed E-state index contributed by atoms with van der Waals surface area (Å²) in [6, 6.07) is 3.08. The van der Waals surface area contributed by atoms with Crippen molar-refractivity contribution in [1.29, 1.82) is 0 Å². The Morgan fingerprint density at radius 2 is 2.10 bits per heavy atom. The second-order valence-electron chi connectivity index (χ2n) is 4.46. The third kappa shape index (κ3) is 1.98. The zero-order valence-electron chi connectivity index (χ0n) is 10.0. The number of hydrogen-bond donors (Lipinski definition) is 2. The van der Waals surface area contributed by atoms with Crippen molar-refractivity contribution in [1.82, 2.24) is 9.78 Å². The first-order valence-electron chi connectivity index (χ1n) is 5.69. The zero-order chi connectivity index (χ0) is 14.5. The molecule has 0 unspecified atom stereocenters. The predicted molar refractivity (Wildman–Crippen MR) is 65.3 cm³/mol. The molecule has 1 amide bonds. The number of aromatic nitrogens is 2. The number of rotatable bonds is 1. The molecule has 0 fully saturated rings. The summed E-state index contributed by atoms with van der Waals surface area (Å²) < 4.78 is 38.7. The molecule has 1 aromatic heterocycles. The van der Waals surface area contributed by atoms with Gasteiger partial charge < -0.3 is 11.1 Å². The van der Waals surface area contributed by atoms with Crippen molar-refractivity contribution in [2.45, 2.75) is 12.6 Å². The zero-order valence-corrected chi connectivity index (χ0v) is 10.0. The molecule has 2 heterocycles. The Balaban J connectivity index is 2.05. The molecule has 8 heteroatoms. The summed E-state index contributed by atoms with van der Waals surface area (Å²) in [7, 11) is 0. The van der Waals surface area contributed by atoms with E-state index in [1.165, 1.54) is 6.07 Å². The summed E-state index contributed by atoms with van der Waals surface area (Å²) >= 11 is 0. The van der Waals surface area contributed by atoms with Crippen LogP contribution in [0.25, 0.3) is 5.69 Å². The number of nitrogens with one attached hydrogen (secondary N) is 1. The van der Waals surface area contributed by atoms with Gasteiger partial charge >= 0.3 is 6.18 Å². The van der Waals surface area contributed by atoms with Crippen molar-refractivity contribution < 1.29 is 18.0 Å². The number of alkyl halides is 3. The van der Waals surface area contributed by atoms with Gasteiger partial charge in [-0.1, -0.05) is 0 Å². The number of halogens is 3. The molecule has 0 atom stereocenters. The molecule has 1 aliphatic rings. The molecular weight excluding hydrogens is 273 g/mol. The van der Waals surface area contributed by atoms with Crippen LogP contribution in [0.2, 0.25) is 0 Å². The lowest BCUT2D eigenvalue weighted by atomic mass is 10.1. The van der Waals surface area contributed by atoms with Gasteiger partial charge in [-0.2, -0.15) is 18.3 Å². The fraction of sp³-hybridized carbons (Fsp3) is 0.167. The Labute approximate surface area is 111 Å². The van der Waals surface area contributed by atoms with Crippen molar-refractivity contribution in [3.8, 4) is 5.69 Å². The van der Waals surface area contributed by atoms with Crippen LogP contribution in [-0.2, 0) is 17.4 Å². The van der Waals surface area contributed by atoms with E-state index in [1.54, 1.807) is 6.07 Å². The minimum atomic E-state index is -4.46. The summed E-state index contributed by atoms with van der Waals surface area (Å²) in [5.74, 6) is -0.173. The maximum atomic E-state index is 12.5. The topological polar surface area (TPSA) is 72.9 Å². The molecule has 3 N–H and O–H groups in total. The molecule has 3 rings (SSSR count). The van der Waals surface area contributed by atoms with E-state index < -0.39 is 11.7 Å². The van der Waals surface area contributed by atoms with Crippen LogP contribution < -0.4 is 11.1 Å². The van der Waals surface area contributed by atoms with Crippen LogP contribution in [0.3, 0.4) is 0 Å². The number of amides is 1. The highest BCUT2D eigenvalue weighted by Crippen LogP contribution is 2.32. The molecule has 0 bridgehead atoms. The van der Waals surface area contributed by atoms with Gasteiger partial charge in [0, 0.05) is 11.9 Å². The van der Waals surface area contributed by atoms with E-state index in [2.05, 4.69) is 10.4 Å². The van der Waals surface area contributed by atoms with E-state index in [1.807, 2.05) is 0 Å². The van der Waals surface area contributed by atoms with Crippen molar-refractivity contribution >= 4 is 17.3 Å². The van der Waals surface area contributed by atoms with Gasteiger partial charge in [0.15, 0.2) is 0 Å². The number of nitrogens with two attached hydrogens (primary N) is 1. The molecule has 0 spiro atoms. The molecule has 5 nitrogen and oxygen atoms in total. The monoisotopic (exact) mass is 282 g/mol. The molecule has 2 aromatic rings. The second kappa shape index (κ2) is 3.99. The molecule has 1 aliphatic heterocycles.